The average Bonchev–Trinajstić information content (AvgIpc) is 3.01. The molecule has 0 amide bonds. The van der Waals surface area contributed by atoms with Crippen molar-refractivity contribution in [2.24, 2.45) is 0 Å². The van der Waals surface area contributed by atoms with Gasteiger partial charge in [0.25, 0.3) is 0 Å². The van der Waals surface area contributed by atoms with Gasteiger partial charge in [0.15, 0.2) is 0 Å². The van der Waals surface area contributed by atoms with Gasteiger partial charge < -0.3 is 18.6 Å². The summed E-state index contributed by atoms with van der Waals surface area (Å²) < 4.78 is 7.79. The number of anilines is 1. The van der Waals surface area contributed by atoms with Gasteiger partial charge in [0.2, 0.25) is 0 Å². The van der Waals surface area contributed by atoms with Gasteiger partial charge in [-0.2, -0.15) is 0 Å². The van der Waals surface area contributed by atoms with E-state index in [9.17, 15) is 4.79 Å². The average molecular weight is 402 g/mol. The molecule has 1 saturated heterocycles. The highest BCUT2D eigenvalue weighted by molar-refractivity contribution is 5.85. The maximum Gasteiger partial charge on any atom is 0.344 e. The molecule has 154 valence electrons. The summed E-state index contributed by atoms with van der Waals surface area (Å²) >= 11 is 0. The lowest BCUT2D eigenvalue weighted by Gasteiger charge is -2.22. The van der Waals surface area contributed by atoms with Gasteiger partial charge in [-0.05, 0) is 58.1 Å². The molecular formula is C24H26N4O2. The van der Waals surface area contributed by atoms with Crippen LogP contribution in [0, 0.1) is 13.8 Å². The van der Waals surface area contributed by atoms with E-state index in [0.29, 0.717) is 11.1 Å². The summed E-state index contributed by atoms with van der Waals surface area (Å²) in [5, 5.41) is 0.932. The largest absolute Gasteiger partial charge is 0.422 e. The fourth-order valence-electron chi connectivity index (χ4n) is 4.38. The molecule has 0 unspecified atom stereocenters. The lowest BCUT2D eigenvalue weighted by Crippen LogP contribution is -2.28. The van der Waals surface area contributed by atoms with Crippen LogP contribution in [-0.2, 0) is 0 Å². The van der Waals surface area contributed by atoms with Gasteiger partial charge in [0, 0.05) is 54.7 Å². The number of benzene rings is 1. The number of aryl methyl sites for hydroxylation is 2. The lowest BCUT2D eigenvalue weighted by atomic mass is 10.1. The molecule has 30 heavy (non-hydrogen) atoms. The Kier molecular flexibility index (Phi) is 4.59. The van der Waals surface area contributed by atoms with Gasteiger partial charge in [-0.3, -0.25) is 4.98 Å². The van der Waals surface area contributed by atoms with Crippen molar-refractivity contribution in [1.29, 1.82) is 0 Å². The summed E-state index contributed by atoms with van der Waals surface area (Å²) in [5.74, 6) is 0. The first-order valence-electron chi connectivity index (χ1n) is 10.5. The molecule has 1 aliphatic rings. The minimum Gasteiger partial charge on any atom is -0.422 e. The lowest BCUT2D eigenvalue weighted by molar-refractivity contribution is 0.360. The molecule has 0 bridgehead atoms. The maximum atomic E-state index is 12.8. The number of nitrogens with zero attached hydrogens (tertiary/aromatic N) is 4. The Morgan fingerprint density at radius 2 is 1.87 bits per heavy atom. The van der Waals surface area contributed by atoms with Crippen LogP contribution in [0.5, 0.6) is 0 Å². The summed E-state index contributed by atoms with van der Waals surface area (Å²) in [7, 11) is 2.16. The first-order chi connectivity index (χ1) is 14.5. The molecule has 0 N–H and O–H groups in total. The third-order valence-electron chi connectivity index (χ3n) is 6.00. The van der Waals surface area contributed by atoms with Gasteiger partial charge in [-0.25, -0.2) is 4.79 Å². The zero-order chi connectivity index (χ0) is 20.8. The van der Waals surface area contributed by atoms with E-state index < -0.39 is 0 Å². The van der Waals surface area contributed by atoms with Crippen molar-refractivity contribution in [3.8, 4) is 11.1 Å². The Bertz CT molecular complexity index is 1300. The van der Waals surface area contributed by atoms with E-state index in [1.165, 1.54) is 0 Å². The Balaban J connectivity index is 1.54. The molecule has 0 saturated carbocycles. The van der Waals surface area contributed by atoms with Crippen molar-refractivity contribution in [2.75, 3.05) is 38.1 Å². The van der Waals surface area contributed by atoms with Crippen molar-refractivity contribution >= 4 is 22.2 Å². The number of rotatable bonds is 2. The second-order valence-corrected chi connectivity index (χ2v) is 8.30. The summed E-state index contributed by atoms with van der Waals surface area (Å²) in [4.78, 5) is 22.1. The molecule has 6 nitrogen and oxygen atoms in total. The summed E-state index contributed by atoms with van der Waals surface area (Å²) in [6.45, 7) is 8.10. The molecule has 1 aromatic carbocycles. The predicted molar refractivity (Wildman–Crippen MR) is 120 cm³/mol. The number of likely N-dealkylation sites (N-methyl/N-ethyl adjacent to an activating group) is 1. The Morgan fingerprint density at radius 3 is 2.73 bits per heavy atom. The fraction of sp³-hybridized carbons (Fsp3) is 0.333. The van der Waals surface area contributed by atoms with Gasteiger partial charge in [-0.15, -0.1) is 0 Å². The Labute approximate surface area is 175 Å². The van der Waals surface area contributed by atoms with Crippen molar-refractivity contribution in [2.45, 2.75) is 20.3 Å². The highest BCUT2D eigenvalue weighted by Crippen LogP contribution is 2.27. The first kappa shape index (κ1) is 18.9. The molecular weight excluding hydrogens is 376 g/mol. The highest BCUT2D eigenvalue weighted by atomic mass is 16.4. The van der Waals surface area contributed by atoms with Crippen molar-refractivity contribution < 1.29 is 4.42 Å². The van der Waals surface area contributed by atoms with E-state index in [4.69, 9.17) is 4.42 Å². The standard InChI is InChI=1S/C24H26N4O2/c1-16-14-28-15-19(12-22(28)17(2)25-16)21-11-18-5-6-20(13-23(18)30-24(21)29)27-8-4-7-26(3)9-10-27/h5-6,11-15H,4,7-10H2,1-3H3. The van der Waals surface area contributed by atoms with E-state index in [0.717, 1.165) is 66.1 Å². The van der Waals surface area contributed by atoms with Gasteiger partial charge >= 0.3 is 5.63 Å². The van der Waals surface area contributed by atoms with Crippen molar-refractivity contribution in [3.63, 3.8) is 0 Å². The van der Waals surface area contributed by atoms with Crippen LogP contribution in [0.3, 0.4) is 0 Å². The summed E-state index contributed by atoms with van der Waals surface area (Å²) in [6.07, 6.45) is 5.07. The van der Waals surface area contributed by atoms with Crippen LogP contribution in [0.4, 0.5) is 5.69 Å². The number of hydrogen-bond donors (Lipinski definition) is 0. The van der Waals surface area contributed by atoms with Crippen LogP contribution in [-0.4, -0.2) is 47.5 Å². The molecule has 0 atom stereocenters. The topological polar surface area (TPSA) is 54.0 Å². The van der Waals surface area contributed by atoms with Crippen LogP contribution in [0.1, 0.15) is 17.8 Å². The second-order valence-electron chi connectivity index (χ2n) is 8.30. The third kappa shape index (κ3) is 3.37. The molecule has 6 heteroatoms. The van der Waals surface area contributed by atoms with Gasteiger partial charge in [0.05, 0.1) is 22.5 Å². The fourth-order valence-corrected chi connectivity index (χ4v) is 4.38. The first-order valence-corrected chi connectivity index (χ1v) is 10.5. The summed E-state index contributed by atoms with van der Waals surface area (Å²) in [5.41, 5.74) is 5.74. The minimum atomic E-state index is -0.312. The molecule has 3 aromatic heterocycles. The Morgan fingerprint density at radius 1 is 1.00 bits per heavy atom. The molecule has 1 aliphatic heterocycles. The molecule has 1 fully saturated rings. The van der Waals surface area contributed by atoms with Crippen LogP contribution in [0.2, 0.25) is 0 Å². The Hall–Kier alpha value is -3.12. The van der Waals surface area contributed by atoms with Crippen molar-refractivity contribution in [1.82, 2.24) is 14.3 Å². The van der Waals surface area contributed by atoms with Crippen LogP contribution < -0.4 is 10.5 Å². The summed E-state index contributed by atoms with van der Waals surface area (Å²) in [6, 6.07) is 10.1. The second kappa shape index (κ2) is 7.29. The smallest absolute Gasteiger partial charge is 0.344 e. The van der Waals surface area contributed by atoms with E-state index in [1.54, 1.807) is 0 Å². The van der Waals surface area contributed by atoms with Crippen LogP contribution in [0.25, 0.3) is 27.6 Å². The third-order valence-corrected chi connectivity index (χ3v) is 6.00. The quantitative estimate of drug-likeness (QED) is 0.477. The van der Waals surface area contributed by atoms with E-state index in [-0.39, 0.29) is 5.63 Å². The molecule has 0 radical (unpaired) electrons. The van der Waals surface area contributed by atoms with E-state index in [2.05, 4.69) is 34.0 Å². The van der Waals surface area contributed by atoms with Crippen LogP contribution in [0.15, 0.2) is 51.9 Å². The maximum absolute atomic E-state index is 12.8. The predicted octanol–water partition coefficient (Wildman–Crippen LogP) is 3.87. The molecule has 0 spiro atoms. The highest BCUT2D eigenvalue weighted by Gasteiger charge is 2.15. The molecule has 5 rings (SSSR count). The zero-order valence-electron chi connectivity index (χ0n) is 17.7. The van der Waals surface area contributed by atoms with Gasteiger partial charge in [-0.1, -0.05) is 0 Å². The van der Waals surface area contributed by atoms with E-state index in [1.807, 2.05) is 48.8 Å². The molecule has 4 aromatic rings. The SMILES string of the molecule is Cc1cn2cc(-c3cc4ccc(N5CCCN(C)CC5)cc4oc3=O)cc2c(C)n1. The molecule has 0 aliphatic carbocycles. The number of aromatic nitrogens is 2. The van der Waals surface area contributed by atoms with Gasteiger partial charge in [0.1, 0.15) is 5.58 Å². The molecule has 4 heterocycles. The number of fused-ring (bicyclic) bond motifs is 2. The monoisotopic (exact) mass is 402 g/mol. The van der Waals surface area contributed by atoms with Crippen LogP contribution >= 0.6 is 0 Å². The minimum absolute atomic E-state index is 0.312. The normalized spacial score (nSPS) is 15.8. The number of hydrogen-bond acceptors (Lipinski definition) is 5. The van der Waals surface area contributed by atoms with E-state index >= 15 is 0 Å². The zero-order valence-corrected chi connectivity index (χ0v) is 17.7. The van der Waals surface area contributed by atoms with Crippen molar-refractivity contribution in [3.05, 3.63) is 64.5 Å².